The predicted molar refractivity (Wildman–Crippen MR) is 45.3 cm³/mol. The number of nitrogens with two attached hydrogens (primary N) is 1. The molecule has 1 aromatic carbocycles. The van der Waals surface area contributed by atoms with E-state index < -0.39 is 0 Å². The minimum absolute atomic E-state index is 0.379. The third-order valence-electron chi connectivity index (χ3n) is 1.17. The summed E-state index contributed by atoms with van der Waals surface area (Å²) >= 11 is 0. The Hall–Kier alpha value is -1.44. The van der Waals surface area contributed by atoms with Crippen LogP contribution in [0.1, 0.15) is 0 Å². The molecule has 0 radical (unpaired) electrons. The van der Waals surface area contributed by atoms with Crippen LogP contribution in [-0.4, -0.2) is 6.61 Å². The van der Waals surface area contributed by atoms with Gasteiger partial charge in [0.1, 0.15) is 12.4 Å². The average molecular weight is 149 g/mol. The first kappa shape index (κ1) is 7.66. The first-order valence-corrected chi connectivity index (χ1v) is 3.40. The summed E-state index contributed by atoms with van der Waals surface area (Å²) in [6, 6.07) is 9.51. The van der Waals surface area contributed by atoms with Crippen LogP contribution < -0.4 is 10.5 Å². The molecule has 2 heteroatoms. The van der Waals surface area contributed by atoms with Crippen molar-refractivity contribution in [2.75, 3.05) is 6.61 Å². The Kier molecular flexibility index (Phi) is 2.55. The molecular weight excluding hydrogens is 138 g/mol. The highest BCUT2D eigenvalue weighted by atomic mass is 16.5. The first-order valence-electron chi connectivity index (χ1n) is 3.40. The second-order valence-corrected chi connectivity index (χ2v) is 2.26. The van der Waals surface area contributed by atoms with Crippen molar-refractivity contribution in [3.8, 4) is 5.75 Å². The lowest BCUT2D eigenvalue weighted by molar-refractivity contribution is 0.351. The first-order chi connectivity index (χ1) is 5.29. The van der Waals surface area contributed by atoms with Crippen molar-refractivity contribution in [1.82, 2.24) is 0 Å². The Bertz CT molecular complexity index is 231. The molecule has 0 saturated heterocycles. The number of rotatable bonds is 3. The molecule has 11 heavy (non-hydrogen) atoms. The Morgan fingerprint density at radius 2 is 2.00 bits per heavy atom. The Balaban J connectivity index is 2.45. The largest absolute Gasteiger partial charge is 0.487 e. The topological polar surface area (TPSA) is 35.2 Å². The molecular formula is C9H11NO. The van der Waals surface area contributed by atoms with Crippen molar-refractivity contribution in [2.24, 2.45) is 5.73 Å². The smallest absolute Gasteiger partial charge is 0.127 e. The maximum Gasteiger partial charge on any atom is 0.127 e. The van der Waals surface area contributed by atoms with E-state index in [4.69, 9.17) is 10.5 Å². The zero-order valence-corrected chi connectivity index (χ0v) is 6.29. The van der Waals surface area contributed by atoms with Gasteiger partial charge in [-0.15, -0.1) is 0 Å². The van der Waals surface area contributed by atoms with Gasteiger partial charge in [-0.05, 0) is 12.1 Å². The lowest BCUT2D eigenvalue weighted by Crippen LogP contribution is -2.06. The molecule has 1 rings (SSSR count). The molecule has 1 aromatic rings. The van der Waals surface area contributed by atoms with E-state index in [0.29, 0.717) is 12.3 Å². The van der Waals surface area contributed by atoms with E-state index in [1.165, 1.54) is 0 Å². The van der Waals surface area contributed by atoms with E-state index in [-0.39, 0.29) is 0 Å². The summed E-state index contributed by atoms with van der Waals surface area (Å²) in [5, 5.41) is 0. The molecule has 2 N–H and O–H groups in total. The van der Waals surface area contributed by atoms with Crippen LogP contribution in [0.5, 0.6) is 5.75 Å². The standard InChI is InChI=1S/C9H11NO/c1-8(10)7-11-9-5-3-2-4-6-9/h2-6H,1,7,10H2. The molecule has 0 spiro atoms. The fourth-order valence-corrected chi connectivity index (χ4v) is 0.693. The Morgan fingerprint density at radius 3 is 2.55 bits per heavy atom. The highest BCUT2D eigenvalue weighted by Crippen LogP contribution is 2.07. The molecule has 0 amide bonds. The second-order valence-electron chi connectivity index (χ2n) is 2.26. The molecule has 0 heterocycles. The average Bonchev–Trinajstić information content (AvgIpc) is 2.03. The van der Waals surface area contributed by atoms with Crippen molar-refractivity contribution in [1.29, 1.82) is 0 Å². The highest BCUT2D eigenvalue weighted by molar-refractivity contribution is 5.21. The summed E-state index contributed by atoms with van der Waals surface area (Å²) in [7, 11) is 0. The third kappa shape index (κ3) is 2.76. The monoisotopic (exact) mass is 149 g/mol. The van der Waals surface area contributed by atoms with Gasteiger partial charge in [0, 0.05) is 5.70 Å². The molecule has 58 valence electrons. The molecule has 0 unspecified atom stereocenters. The molecule has 0 aliphatic rings. The Labute approximate surface area is 66.3 Å². The molecule has 0 atom stereocenters. The van der Waals surface area contributed by atoms with Crippen LogP contribution in [0.3, 0.4) is 0 Å². The van der Waals surface area contributed by atoms with Gasteiger partial charge in [-0.1, -0.05) is 24.8 Å². The number of benzene rings is 1. The zero-order valence-electron chi connectivity index (χ0n) is 6.29. The molecule has 0 saturated carbocycles. The van der Waals surface area contributed by atoms with Crippen LogP contribution in [0.2, 0.25) is 0 Å². The normalized spacial score (nSPS) is 9.09. The van der Waals surface area contributed by atoms with Crippen LogP contribution in [0.15, 0.2) is 42.6 Å². The van der Waals surface area contributed by atoms with Gasteiger partial charge in [-0.2, -0.15) is 0 Å². The number of ether oxygens (including phenoxy) is 1. The minimum Gasteiger partial charge on any atom is -0.487 e. The lowest BCUT2D eigenvalue weighted by Gasteiger charge is -2.03. The summed E-state index contributed by atoms with van der Waals surface area (Å²) < 4.78 is 5.24. The summed E-state index contributed by atoms with van der Waals surface area (Å²) in [4.78, 5) is 0. The van der Waals surface area contributed by atoms with Crippen LogP contribution >= 0.6 is 0 Å². The van der Waals surface area contributed by atoms with Gasteiger partial charge in [-0.25, -0.2) is 0 Å². The highest BCUT2D eigenvalue weighted by Gasteiger charge is 1.89. The SMILES string of the molecule is C=C(N)COc1ccccc1. The number of hydrogen-bond donors (Lipinski definition) is 1. The van der Waals surface area contributed by atoms with E-state index in [0.717, 1.165) is 5.75 Å². The van der Waals surface area contributed by atoms with Crippen molar-refractivity contribution in [3.05, 3.63) is 42.6 Å². The maximum atomic E-state index is 5.32. The zero-order chi connectivity index (χ0) is 8.10. The van der Waals surface area contributed by atoms with Gasteiger partial charge >= 0.3 is 0 Å². The summed E-state index contributed by atoms with van der Waals surface area (Å²) in [5.41, 5.74) is 5.86. The van der Waals surface area contributed by atoms with Crippen LogP contribution in [0, 0.1) is 0 Å². The Morgan fingerprint density at radius 1 is 1.36 bits per heavy atom. The van der Waals surface area contributed by atoms with Gasteiger partial charge < -0.3 is 10.5 Å². The van der Waals surface area contributed by atoms with Crippen molar-refractivity contribution in [2.45, 2.75) is 0 Å². The third-order valence-corrected chi connectivity index (χ3v) is 1.17. The minimum atomic E-state index is 0.379. The van der Waals surface area contributed by atoms with Gasteiger partial charge in [0.05, 0.1) is 0 Å². The summed E-state index contributed by atoms with van der Waals surface area (Å²) in [6.07, 6.45) is 0. The van der Waals surface area contributed by atoms with Crippen molar-refractivity contribution >= 4 is 0 Å². The number of para-hydroxylation sites is 1. The van der Waals surface area contributed by atoms with E-state index in [2.05, 4.69) is 6.58 Å². The molecule has 0 aliphatic heterocycles. The molecule has 2 nitrogen and oxygen atoms in total. The molecule has 0 bridgehead atoms. The van der Waals surface area contributed by atoms with Gasteiger partial charge in [0.2, 0.25) is 0 Å². The van der Waals surface area contributed by atoms with Gasteiger partial charge in [0.25, 0.3) is 0 Å². The van der Waals surface area contributed by atoms with E-state index in [9.17, 15) is 0 Å². The number of hydrogen-bond acceptors (Lipinski definition) is 2. The van der Waals surface area contributed by atoms with Crippen molar-refractivity contribution in [3.63, 3.8) is 0 Å². The van der Waals surface area contributed by atoms with E-state index >= 15 is 0 Å². The van der Waals surface area contributed by atoms with Crippen LogP contribution in [0.4, 0.5) is 0 Å². The van der Waals surface area contributed by atoms with Gasteiger partial charge in [0.15, 0.2) is 0 Å². The molecule has 0 aliphatic carbocycles. The maximum absolute atomic E-state index is 5.32. The summed E-state index contributed by atoms with van der Waals surface area (Å²) in [6.45, 7) is 3.90. The van der Waals surface area contributed by atoms with Crippen LogP contribution in [0.25, 0.3) is 0 Å². The molecule has 0 aromatic heterocycles. The van der Waals surface area contributed by atoms with E-state index in [1.807, 2.05) is 30.3 Å². The predicted octanol–water partition coefficient (Wildman–Crippen LogP) is 1.54. The quantitative estimate of drug-likeness (QED) is 0.707. The van der Waals surface area contributed by atoms with Gasteiger partial charge in [-0.3, -0.25) is 0 Å². The van der Waals surface area contributed by atoms with E-state index in [1.54, 1.807) is 0 Å². The van der Waals surface area contributed by atoms with Crippen LogP contribution in [-0.2, 0) is 0 Å². The summed E-state index contributed by atoms with van der Waals surface area (Å²) in [5.74, 6) is 0.819. The lowest BCUT2D eigenvalue weighted by atomic mass is 10.3. The van der Waals surface area contributed by atoms with Crippen molar-refractivity contribution < 1.29 is 4.74 Å². The fourth-order valence-electron chi connectivity index (χ4n) is 0.693. The molecule has 0 fully saturated rings. The second kappa shape index (κ2) is 3.66. The fraction of sp³-hybridized carbons (Fsp3) is 0.111.